The summed E-state index contributed by atoms with van der Waals surface area (Å²) in [5, 5.41) is 5.67. The van der Waals surface area contributed by atoms with E-state index in [-0.39, 0.29) is 12.1 Å². The predicted octanol–water partition coefficient (Wildman–Crippen LogP) is 20.1. The van der Waals surface area contributed by atoms with Gasteiger partial charge in [-0.1, -0.05) is 170 Å². The van der Waals surface area contributed by atoms with E-state index in [0.717, 1.165) is 149 Å². The minimum absolute atomic E-state index is 0.225. The van der Waals surface area contributed by atoms with Crippen molar-refractivity contribution in [3.05, 3.63) is 254 Å². The molecule has 1 amide bonds. The first kappa shape index (κ1) is 68.0. The third-order valence-corrected chi connectivity index (χ3v) is 17.7. The predicted molar refractivity (Wildman–Crippen MR) is 374 cm³/mol. The molecule has 3 N–H and O–H groups in total. The molecule has 89 heavy (non-hydrogen) atoms. The molecule has 4 aliphatic heterocycles. The zero-order valence-corrected chi connectivity index (χ0v) is 56.0. The van der Waals surface area contributed by atoms with Crippen molar-refractivity contribution in [2.45, 2.75) is 45.7 Å². The van der Waals surface area contributed by atoms with E-state index in [2.05, 4.69) is 68.0 Å². The van der Waals surface area contributed by atoms with Crippen molar-refractivity contribution in [1.82, 2.24) is 0 Å². The molecule has 0 unspecified atom stereocenters. The van der Waals surface area contributed by atoms with Gasteiger partial charge in [0.05, 0.1) is 51.4 Å². The fraction of sp³-hybridized carbons (Fsp3) is 0.183. The number of hydrogen-bond acceptors (Lipinski definition) is 10. The number of halogens is 6. The molecule has 12 rings (SSSR count). The number of fused-ring (bicyclic) bond motifs is 4. The largest absolute Gasteiger partial charge is 0.492 e. The van der Waals surface area contributed by atoms with Gasteiger partial charge in [0, 0.05) is 93.9 Å². The van der Waals surface area contributed by atoms with Crippen molar-refractivity contribution in [1.29, 1.82) is 0 Å². The summed E-state index contributed by atoms with van der Waals surface area (Å²) in [6.45, 7) is 10.7. The van der Waals surface area contributed by atoms with E-state index >= 15 is 0 Å². The van der Waals surface area contributed by atoms with Crippen LogP contribution in [0.1, 0.15) is 85.4 Å². The van der Waals surface area contributed by atoms with Gasteiger partial charge in [-0.05, 0) is 150 Å². The molecule has 18 heteroatoms. The lowest BCUT2D eigenvalue weighted by Gasteiger charge is -2.16. The van der Waals surface area contributed by atoms with Gasteiger partial charge < -0.3 is 39.0 Å². The quantitative estimate of drug-likeness (QED) is 0.0335. The van der Waals surface area contributed by atoms with Crippen molar-refractivity contribution in [2.24, 2.45) is 0 Å². The van der Waals surface area contributed by atoms with Crippen LogP contribution in [-0.2, 0) is 50.3 Å². The van der Waals surface area contributed by atoms with Gasteiger partial charge in [0.2, 0.25) is 5.91 Å². The molecule has 0 saturated carbocycles. The molecular formula is C71H65Br2Cl4N2O9P. The molecule has 0 atom stereocenters. The molecule has 4 heterocycles. The first-order valence-electron chi connectivity index (χ1n) is 28.6. The molecule has 8 aromatic rings. The smallest absolute Gasteiger partial charge is 0.335 e. The zero-order valence-electron chi connectivity index (χ0n) is 48.9. The SMILES string of the molecule is C=CC(=O)Nc1cc(/C=C/c2ccc(Cl)cc2)c2c(c1)CCO2.CCOP(=O)(Cc1ccc(Cl)cc1)OCC.Clc1ccc(/C=C/c2cc(Br)cc3c2OCC3)cc1.Nc1cc(/C=C/c2ccc(Cl)cc2)c2c(c1)CCO2.O=Cc1cc(Br)cc2c1OCC2. The van der Waals surface area contributed by atoms with E-state index in [1.54, 1.807) is 32.0 Å². The van der Waals surface area contributed by atoms with Crippen LogP contribution >= 0.6 is 85.9 Å². The number of anilines is 2. The maximum Gasteiger partial charge on any atom is 0.335 e. The standard InChI is InChI=1S/C19H16ClNO2.C16H12BrClO.C16H14ClNO.C11H16ClO3P.C9H7BrO2/c1-2-18(22)21-17-11-14(19-15(12-17)9-10-23-19)6-3-13-4-7-16(20)8-5-13;17-14-9-12(16-13(10-14)7-8-19-16)4-1-11-2-5-15(18)6-3-11;17-14-5-2-11(3-6-14)1-4-12-9-15(18)10-13-7-8-19-16(12)13;1-3-14-16(13,15-4-2)9-10-5-7-11(12)8-6-10;10-8-3-6-1-2-12-9(6)7(4-8)5-11/h2-8,11-12H,1,9-10H2,(H,21,22);1-6,9-10H,7-8H2;1-6,9-10H,7-8,18H2;5-8H,3-4,9H2,1-2H3;3-5H,1-2H2/b6-3+;2*4-1+;;. The Morgan fingerprint density at radius 3 is 1.29 bits per heavy atom. The number of nitrogen functional groups attached to an aromatic ring is 1. The average Bonchev–Trinajstić information content (AvgIpc) is 3.54. The fourth-order valence-corrected chi connectivity index (χ4v) is 12.9. The summed E-state index contributed by atoms with van der Waals surface area (Å²) in [7, 11) is -3.00. The molecule has 460 valence electrons. The van der Waals surface area contributed by atoms with Gasteiger partial charge in [0.25, 0.3) is 0 Å². The number of ether oxygens (including phenoxy) is 4. The molecule has 4 aliphatic rings. The Kier molecular flexibility index (Phi) is 25.8. The van der Waals surface area contributed by atoms with Crippen molar-refractivity contribution < 1.29 is 42.1 Å². The van der Waals surface area contributed by atoms with Crippen LogP contribution in [0, 0.1) is 0 Å². The third kappa shape index (κ3) is 20.6. The molecule has 0 aliphatic carbocycles. The van der Waals surface area contributed by atoms with Gasteiger partial charge in [-0.3, -0.25) is 14.2 Å². The Labute approximate surface area is 557 Å². The van der Waals surface area contributed by atoms with E-state index in [0.29, 0.717) is 42.0 Å². The third-order valence-electron chi connectivity index (χ3n) is 13.7. The molecule has 0 bridgehead atoms. The Morgan fingerprint density at radius 2 is 0.888 bits per heavy atom. The number of aldehydes is 1. The lowest BCUT2D eigenvalue weighted by molar-refractivity contribution is -0.111. The number of carbonyl (C=O) groups excluding carboxylic acids is 2. The van der Waals surface area contributed by atoms with Crippen LogP contribution in [0.15, 0.2) is 167 Å². The van der Waals surface area contributed by atoms with Crippen LogP contribution in [0.2, 0.25) is 20.1 Å². The topological polar surface area (TPSA) is 145 Å². The lowest BCUT2D eigenvalue weighted by Crippen LogP contribution is -2.07. The number of nitrogens with one attached hydrogen (secondary N) is 1. The Balaban J connectivity index is 0.000000146. The van der Waals surface area contributed by atoms with Gasteiger partial charge in [-0.2, -0.15) is 0 Å². The maximum absolute atomic E-state index is 12.2. The van der Waals surface area contributed by atoms with E-state index in [4.69, 9.17) is 80.1 Å². The molecule has 0 saturated heterocycles. The van der Waals surface area contributed by atoms with Crippen molar-refractivity contribution in [3.8, 4) is 23.0 Å². The number of nitrogens with two attached hydrogens (primary N) is 1. The van der Waals surface area contributed by atoms with Crippen LogP contribution in [0.5, 0.6) is 23.0 Å². The second kappa shape index (κ2) is 33.8. The second-order valence-corrected chi connectivity index (χ2v) is 25.8. The van der Waals surface area contributed by atoms with Gasteiger partial charge in [0.1, 0.15) is 23.0 Å². The normalized spacial score (nSPS) is 13.0. The molecular weight excluding hydrogens is 1360 g/mol. The molecule has 0 fully saturated rings. The number of hydrogen-bond donors (Lipinski definition) is 2. The highest BCUT2D eigenvalue weighted by molar-refractivity contribution is 9.10. The molecule has 11 nitrogen and oxygen atoms in total. The van der Waals surface area contributed by atoms with E-state index in [9.17, 15) is 14.2 Å². The van der Waals surface area contributed by atoms with Crippen molar-refractivity contribution in [2.75, 3.05) is 50.7 Å². The Morgan fingerprint density at radius 1 is 0.528 bits per heavy atom. The van der Waals surface area contributed by atoms with Crippen LogP contribution in [0.3, 0.4) is 0 Å². The summed E-state index contributed by atoms with van der Waals surface area (Å²) in [5.41, 5.74) is 20.0. The lowest BCUT2D eigenvalue weighted by atomic mass is 10.0. The highest BCUT2D eigenvalue weighted by Gasteiger charge is 2.24. The summed E-state index contributed by atoms with van der Waals surface area (Å²) >= 11 is 30.3. The minimum atomic E-state index is -3.00. The van der Waals surface area contributed by atoms with Crippen LogP contribution in [0.25, 0.3) is 36.5 Å². The van der Waals surface area contributed by atoms with Crippen LogP contribution in [0.4, 0.5) is 11.4 Å². The molecule has 8 aromatic carbocycles. The first-order chi connectivity index (χ1) is 43.0. The number of benzene rings is 8. The highest BCUT2D eigenvalue weighted by Crippen LogP contribution is 2.51. The van der Waals surface area contributed by atoms with E-state index in [1.807, 2.05) is 140 Å². The number of amides is 1. The number of rotatable bonds is 15. The average molecular weight is 1420 g/mol. The second-order valence-electron chi connectivity index (χ2n) is 20.2. The summed E-state index contributed by atoms with van der Waals surface area (Å²) in [4.78, 5) is 22.1. The van der Waals surface area contributed by atoms with Crippen molar-refractivity contribution >= 4 is 146 Å². The summed E-state index contributed by atoms with van der Waals surface area (Å²) < 4.78 is 47.0. The van der Waals surface area contributed by atoms with Crippen LogP contribution < -0.4 is 30.0 Å². The Bertz CT molecular complexity index is 3780. The molecule has 0 spiro atoms. The zero-order chi connectivity index (χ0) is 63.3. The maximum atomic E-state index is 12.2. The monoisotopic (exact) mass is 1420 g/mol. The minimum Gasteiger partial charge on any atom is -0.492 e. The first-order valence-corrected chi connectivity index (χ1v) is 33.4. The summed E-state index contributed by atoms with van der Waals surface area (Å²) in [6.07, 6.45) is 18.2. The van der Waals surface area contributed by atoms with Crippen molar-refractivity contribution in [3.63, 3.8) is 0 Å². The van der Waals surface area contributed by atoms with Gasteiger partial charge in [-0.15, -0.1) is 0 Å². The highest BCUT2D eigenvalue weighted by atomic mass is 79.9. The summed E-state index contributed by atoms with van der Waals surface area (Å²) in [6, 6.07) is 46.0. The molecule has 0 radical (unpaired) electrons. The van der Waals surface area contributed by atoms with Gasteiger partial charge >= 0.3 is 7.60 Å². The summed E-state index contributed by atoms with van der Waals surface area (Å²) in [5.74, 6) is 3.38. The van der Waals surface area contributed by atoms with Crippen LogP contribution in [-0.4, -0.2) is 51.8 Å². The van der Waals surface area contributed by atoms with Gasteiger partial charge in [0.15, 0.2) is 6.29 Å². The molecule has 0 aromatic heterocycles. The Hall–Kier alpha value is -6.87. The van der Waals surface area contributed by atoms with Gasteiger partial charge in [-0.25, -0.2) is 0 Å². The van der Waals surface area contributed by atoms with E-state index < -0.39 is 7.60 Å². The fourth-order valence-electron chi connectivity index (χ4n) is 9.64. The van der Waals surface area contributed by atoms with E-state index in [1.165, 1.54) is 17.2 Å². The number of carbonyl (C=O) groups is 2.